The normalized spacial score (nSPS) is 2.29. The van der Waals surface area contributed by atoms with Gasteiger partial charge in [0.25, 0.3) is 0 Å². The molecule has 0 aromatic carbocycles. The number of nitrogens with zero attached hydrogens (tertiary/aromatic N) is 2. The maximum absolute atomic E-state index is 7.32. The minimum Gasteiger partial charge on any atom is -0.199 e. The van der Waals surface area contributed by atoms with Crippen molar-refractivity contribution in [3.05, 3.63) is 0 Å². The van der Waals surface area contributed by atoms with Gasteiger partial charge in [-0.3, -0.25) is 0 Å². The van der Waals surface area contributed by atoms with Gasteiger partial charge in [0, 0.05) is 35.6 Å². The van der Waals surface area contributed by atoms with Crippen molar-refractivity contribution >= 4 is 0 Å². The van der Waals surface area contributed by atoms with E-state index in [9.17, 15) is 0 Å². The maximum atomic E-state index is 7.32. The van der Waals surface area contributed by atoms with Crippen LogP contribution in [0.4, 0.5) is 0 Å². The van der Waals surface area contributed by atoms with E-state index in [1.165, 1.54) is 13.8 Å². The van der Waals surface area contributed by atoms with Crippen LogP contribution in [-0.4, -0.2) is 0 Å². The molecule has 0 unspecified atom stereocenters. The fourth-order valence-electron chi connectivity index (χ4n) is 0. The van der Waals surface area contributed by atoms with E-state index < -0.39 is 0 Å². The summed E-state index contributed by atoms with van der Waals surface area (Å²) < 4.78 is 0. The fraction of sp³-hybridized carbons (Fsp3) is 0.500. The van der Waals surface area contributed by atoms with Gasteiger partial charge in [-0.05, 0) is 0 Å². The average molecular weight is 130 g/mol. The first kappa shape index (κ1) is 15.9. The van der Waals surface area contributed by atoms with Gasteiger partial charge < -0.3 is 0 Å². The Hall–Kier alpha value is -0.306. The molecule has 2 nitrogen and oxygen atoms in total. The van der Waals surface area contributed by atoms with Gasteiger partial charge in [0.1, 0.15) is 0 Å². The second kappa shape index (κ2) is 43.7. The number of hydrogen-bond acceptors (Lipinski definition) is 2. The smallest absolute Gasteiger partial charge is 0.0587 e. The van der Waals surface area contributed by atoms with Gasteiger partial charge in [-0.2, -0.15) is 10.5 Å². The second-order valence-corrected chi connectivity index (χ2v) is 0.447. The van der Waals surface area contributed by atoms with E-state index in [1.807, 2.05) is 0 Å². The third kappa shape index (κ3) is 832. The van der Waals surface area contributed by atoms with E-state index >= 15 is 0 Å². The van der Waals surface area contributed by atoms with Crippen molar-refractivity contribution in [2.45, 2.75) is 13.8 Å². The Balaban J connectivity index is -0.0000000400. The summed E-state index contributed by atoms with van der Waals surface area (Å²) in [5.74, 6) is 0. The molecule has 0 aliphatic carbocycles. The third-order valence-corrected chi connectivity index (χ3v) is 0. The molecule has 0 saturated carbocycles. The van der Waals surface area contributed by atoms with Gasteiger partial charge >= 0.3 is 0 Å². The quantitative estimate of drug-likeness (QED) is 0.460. The number of rotatable bonds is 0. The summed E-state index contributed by atoms with van der Waals surface area (Å²) in [6.45, 7) is 2.86. The average Bonchev–Trinajstić information content (AvgIpc) is 1.39. The topological polar surface area (TPSA) is 47.6 Å². The zero-order chi connectivity index (χ0) is 5.41. The molecule has 0 atom stereocenters. The van der Waals surface area contributed by atoms with E-state index in [-0.39, 0.29) is 21.7 Å². The Bertz CT molecular complexity index is 64.7. The van der Waals surface area contributed by atoms with Crippen LogP contribution in [0, 0.1) is 22.7 Å². The molecule has 0 saturated heterocycles. The molecule has 0 rings (SSSR count). The number of nitriles is 2. The molecular formula is C4H6N2Ti. The largest absolute Gasteiger partial charge is 0.199 e. The van der Waals surface area contributed by atoms with Crippen molar-refractivity contribution < 1.29 is 21.7 Å². The SMILES string of the molecule is CC#N.CC#N.[Ti]. The van der Waals surface area contributed by atoms with E-state index in [4.69, 9.17) is 10.5 Å². The molecule has 0 N–H and O–H groups in total. The zero-order valence-electron chi connectivity index (χ0n) is 4.39. The van der Waals surface area contributed by atoms with Crippen LogP contribution in [0.1, 0.15) is 13.8 Å². The predicted octanol–water partition coefficient (Wildman–Crippen LogP) is 1.06. The van der Waals surface area contributed by atoms with Crippen LogP contribution < -0.4 is 0 Å². The Morgan fingerprint density at radius 3 is 1.00 bits per heavy atom. The monoisotopic (exact) mass is 130 g/mol. The van der Waals surface area contributed by atoms with Gasteiger partial charge in [-0.1, -0.05) is 0 Å². The molecule has 3 heteroatoms. The summed E-state index contributed by atoms with van der Waals surface area (Å²) in [5, 5.41) is 14.6. The van der Waals surface area contributed by atoms with Crippen LogP contribution in [-0.2, 0) is 21.7 Å². The van der Waals surface area contributed by atoms with Gasteiger partial charge in [0.05, 0.1) is 12.1 Å². The van der Waals surface area contributed by atoms with Crippen molar-refractivity contribution in [3.8, 4) is 12.1 Å². The molecule has 0 aliphatic heterocycles. The van der Waals surface area contributed by atoms with Crippen LogP contribution in [0.2, 0.25) is 0 Å². The zero-order valence-corrected chi connectivity index (χ0v) is 5.96. The summed E-state index contributed by atoms with van der Waals surface area (Å²) in [4.78, 5) is 0. The van der Waals surface area contributed by atoms with E-state index in [0.717, 1.165) is 0 Å². The molecule has 0 spiro atoms. The van der Waals surface area contributed by atoms with Crippen LogP contribution in [0.25, 0.3) is 0 Å². The molecule has 0 aromatic heterocycles. The molecule has 0 radical (unpaired) electrons. The van der Waals surface area contributed by atoms with Crippen LogP contribution in [0.3, 0.4) is 0 Å². The Morgan fingerprint density at radius 1 is 1.00 bits per heavy atom. The van der Waals surface area contributed by atoms with E-state index in [1.54, 1.807) is 12.1 Å². The molecule has 36 valence electrons. The molecule has 0 aliphatic rings. The first-order valence-corrected chi connectivity index (χ1v) is 1.45. The van der Waals surface area contributed by atoms with Gasteiger partial charge in [0.2, 0.25) is 0 Å². The van der Waals surface area contributed by atoms with Crippen LogP contribution in [0.5, 0.6) is 0 Å². The molecule has 0 amide bonds. The maximum Gasteiger partial charge on any atom is 0.0587 e. The van der Waals surface area contributed by atoms with Crippen molar-refractivity contribution in [1.82, 2.24) is 0 Å². The molecule has 7 heavy (non-hydrogen) atoms. The van der Waals surface area contributed by atoms with Gasteiger partial charge in [-0.25, -0.2) is 0 Å². The minimum absolute atomic E-state index is 0. The standard InChI is InChI=1S/2C2H3N.Ti/c2*1-2-3;/h2*1H3;. The molecular weight excluding hydrogens is 124 g/mol. The molecule has 0 aromatic rings. The van der Waals surface area contributed by atoms with Crippen molar-refractivity contribution in [2.24, 2.45) is 0 Å². The summed E-state index contributed by atoms with van der Waals surface area (Å²) in [6, 6.07) is 3.50. The number of hydrogen-bond donors (Lipinski definition) is 0. The third-order valence-electron chi connectivity index (χ3n) is 0. The summed E-state index contributed by atoms with van der Waals surface area (Å²) in [5.41, 5.74) is 0. The Morgan fingerprint density at radius 2 is 1.00 bits per heavy atom. The second-order valence-electron chi connectivity index (χ2n) is 0.447. The fourth-order valence-corrected chi connectivity index (χ4v) is 0. The van der Waals surface area contributed by atoms with E-state index in [0.29, 0.717) is 0 Å². The first-order chi connectivity index (χ1) is 2.83. The minimum atomic E-state index is 0. The molecule has 0 fully saturated rings. The van der Waals surface area contributed by atoms with Crippen LogP contribution >= 0.6 is 0 Å². The molecule has 0 bridgehead atoms. The van der Waals surface area contributed by atoms with Crippen LogP contribution in [0.15, 0.2) is 0 Å². The predicted molar refractivity (Wildman–Crippen MR) is 22.6 cm³/mol. The Kier molecular flexibility index (Phi) is 99.3. The summed E-state index contributed by atoms with van der Waals surface area (Å²) in [7, 11) is 0. The molecule has 0 heterocycles. The van der Waals surface area contributed by atoms with Crippen molar-refractivity contribution in [1.29, 1.82) is 10.5 Å². The van der Waals surface area contributed by atoms with Gasteiger partial charge in [0.15, 0.2) is 0 Å². The summed E-state index contributed by atoms with van der Waals surface area (Å²) in [6.07, 6.45) is 0. The van der Waals surface area contributed by atoms with Gasteiger partial charge in [-0.15, -0.1) is 0 Å². The van der Waals surface area contributed by atoms with Crippen molar-refractivity contribution in [3.63, 3.8) is 0 Å². The van der Waals surface area contributed by atoms with Crippen molar-refractivity contribution in [2.75, 3.05) is 0 Å². The Labute approximate surface area is 58.6 Å². The summed E-state index contributed by atoms with van der Waals surface area (Å²) >= 11 is 0. The van der Waals surface area contributed by atoms with E-state index in [2.05, 4.69) is 0 Å². The first-order valence-electron chi connectivity index (χ1n) is 1.45.